The molecular weight excluding hydrogens is 452 g/mol. The molecule has 5 atom stereocenters. The summed E-state index contributed by atoms with van der Waals surface area (Å²) in [4.78, 5) is 48.9. The van der Waals surface area contributed by atoms with Crippen LogP contribution in [-0.2, 0) is 25.6 Å². The molecule has 1 rings (SSSR count). The number of benzene rings is 1. The summed E-state index contributed by atoms with van der Waals surface area (Å²) >= 11 is 4.03. The molecule has 0 bridgehead atoms. The normalized spacial score (nSPS) is 15.6. The predicted octanol–water partition coefficient (Wildman–Crippen LogP) is -1.23. The second kappa shape index (κ2) is 13.0. The molecule has 0 aromatic heterocycles. The lowest BCUT2D eigenvalue weighted by molar-refractivity contribution is -0.143. The molecule has 5 unspecified atom stereocenters. The number of hydrogen-bond acceptors (Lipinski definition) is 8. The summed E-state index contributed by atoms with van der Waals surface area (Å²) in [7, 11) is 0. The first-order chi connectivity index (χ1) is 15.4. The van der Waals surface area contributed by atoms with Gasteiger partial charge in [-0.3, -0.25) is 14.4 Å². The topological polar surface area (TPSA) is 191 Å². The minimum Gasteiger partial charge on any atom is -0.508 e. The Morgan fingerprint density at radius 1 is 0.939 bits per heavy atom. The average molecular weight is 485 g/mol. The van der Waals surface area contributed by atoms with Gasteiger partial charge in [0.2, 0.25) is 17.7 Å². The Balaban J connectivity index is 2.81. The number of nitrogens with two attached hydrogens (primary N) is 1. The first-order valence-corrected chi connectivity index (χ1v) is 11.0. The molecule has 1 aromatic carbocycles. The molecule has 0 aliphatic carbocycles. The maximum absolute atomic E-state index is 12.7. The molecule has 0 saturated heterocycles. The van der Waals surface area contributed by atoms with Gasteiger partial charge in [-0.05, 0) is 37.0 Å². The third-order valence-corrected chi connectivity index (χ3v) is 5.20. The third-order valence-electron chi connectivity index (χ3n) is 4.84. The summed E-state index contributed by atoms with van der Waals surface area (Å²) in [5.41, 5.74) is 6.58. The van der Waals surface area contributed by atoms with E-state index in [1.165, 1.54) is 19.1 Å². The van der Waals surface area contributed by atoms with Crippen LogP contribution >= 0.6 is 12.6 Å². The Bertz CT molecular complexity index is 832. The lowest BCUT2D eigenvalue weighted by Crippen LogP contribution is -2.60. The summed E-state index contributed by atoms with van der Waals surface area (Å²) in [6.07, 6.45) is -1.20. The zero-order valence-corrected chi connectivity index (χ0v) is 19.6. The van der Waals surface area contributed by atoms with Gasteiger partial charge in [-0.2, -0.15) is 12.6 Å². The second-order valence-corrected chi connectivity index (χ2v) is 8.38. The second-order valence-electron chi connectivity index (χ2n) is 8.02. The number of amides is 3. The van der Waals surface area contributed by atoms with Gasteiger partial charge in [0.05, 0.1) is 12.1 Å². The van der Waals surface area contributed by atoms with Crippen LogP contribution in [0.4, 0.5) is 0 Å². The summed E-state index contributed by atoms with van der Waals surface area (Å²) in [5, 5.41) is 35.6. The van der Waals surface area contributed by atoms with Crippen LogP contribution in [0.25, 0.3) is 0 Å². The van der Waals surface area contributed by atoms with Crippen molar-refractivity contribution in [2.45, 2.75) is 57.5 Å². The van der Waals surface area contributed by atoms with Crippen LogP contribution in [0.2, 0.25) is 0 Å². The SMILES string of the molecule is CC(C)C(NC(=O)C(CS)NC(=O)C(NC(=O)C(N)Cc1ccc(O)cc1)C(C)O)C(=O)O. The molecule has 0 aliphatic heterocycles. The van der Waals surface area contributed by atoms with Crippen molar-refractivity contribution in [3.8, 4) is 5.75 Å². The van der Waals surface area contributed by atoms with Gasteiger partial charge in [0, 0.05) is 5.75 Å². The van der Waals surface area contributed by atoms with E-state index < -0.39 is 59.9 Å². The summed E-state index contributed by atoms with van der Waals surface area (Å²) in [5.74, 6) is -4.04. The number of aromatic hydroxyl groups is 1. The number of carbonyl (C=O) groups excluding carboxylic acids is 3. The van der Waals surface area contributed by atoms with Crippen LogP contribution in [0.15, 0.2) is 24.3 Å². The number of carboxylic acids is 1. The van der Waals surface area contributed by atoms with Crippen molar-refractivity contribution < 1.29 is 34.5 Å². The standard InChI is InChI=1S/C21H32N4O7S/c1-10(2)16(21(31)32)24-19(29)15(9-33)23-20(30)17(11(3)26)25-18(28)14(22)8-12-4-6-13(27)7-5-12/h4-7,10-11,14-17,26-27,33H,8-9,22H2,1-3H3,(H,23,30)(H,24,29)(H,25,28)(H,31,32). The fourth-order valence-electron chi connectivity index (χ4n) is 2.87. The lowest BCUT2D eigenvalue weighted by atomic mass is 10.0. The van der Waals surface area contributed by atoms with Crippen molar-refractivity contribution in [3.63, 3.8) is 0 Å². The first kappa shape index (κ1) is 28.2. The van der Waals surface area contributed by atoms with Gasteiger partial charge in [-0.1, -0.05) is 26.0 Å². The summed E-state index contributed by atoms with van der Waals surface area (Å²) in [6.45, 7) is 4.52. The van der Waals surface area contributed by atoms with Crippen molar-refractivity contribution in [2.75, 3.05) is 5.75 Å². The monoisotopic (exact) mass is 484 g/mol. The molecular formula is C21H32N4O7S. The zero-order valence-electron chi connectivity index (χ0n) is 18.7. The van der Waals surface area contributed by atoms with Crippen LogP contribution in [0.1, 0.15) is 26.3 Å². The van der Waals surface area contributed by atoms with Crippen molar-refractivity contribution in [2.24, 2.45) is 11.7 Å². The zero-order chi connectivity index (χ0) is 25.3. The van der Waals surface area contributed by atoms with Crippen LogP contribution in [-0.4, -0.2) is 75.0 Å². The first-order valence-electron chi connectivity index (χ1n) is 10.3. The van der Waals surface area contributed by atoms with Gasteiger partial charge < -0.3 is 37.0 Å². The summed E-state index contributed by atoms with van der Waals surface area (Å²) < 4.78 is 0. The number of aliphatic carboxylic acids is 1. The van der Waals surface area contributed by atoms with Gasteiger partial charge in [0.15, 0.2) is 0 Å². The molecule has 11 nitrogen and oxygen atoms in total. The molecule has 0 fully saturated rings. The van der Waals surface area contributed by atoms with E-state index in [1.54, 1.807) is 26.0 Å². The Hall–Kier alpha value is -2.83. The Morgan fingerprint density at radius 2 is 1.48 bits per heavy atom. The minimum absolute atomic E-state index is 0.0634. The van der Waals surface area contributed by atoms with E-state index in [2.05, 4.69) is 28.6 Å². The van der Waals surface area contributed by atoms with E-state index in [-0.39, 0.29) is 17.9 Å². The Labute approximate surface area is 197 Å². The molecule has 1 aromatic rings. The predicted molar refractivity (Wildman–Crippen MR) is 124 cm³/mol. The molecule has 3 amide bonds. The van der Waals surface area contributed by atoms with Gasteiger partial charge in [-0.15, -0.1) is 0 Å². The molecule has 184 valence electrons. The average Bonchev–Trinajstić information content (AvgIpc) is 2.74. The van der Waals surface area contributed by atoms with E-state index in [9.17, 15) is 34.5 Å². The summed E-state index contributed by atoms with van der Waals surface area (Å²) in [6, 6.07) is 1.25. The minimum atomic E-state index is -1.42. The van der Waals surface area contributed by atoms with Crippen molar-refractivity contribution in [3.05, 3.63) is 29.8 Å². The maximum Gasteiger partial charge on any atom is 0.326 e. The molecule has 0 spiro atoms. The van der Waals surface area contributed by atoms with Gasteiger partial charge in [0.1, 0.15) is 23.9 Å². The van der Waals surface area contributed by atoms with E-state index in [1.807, 2.05) is 0 Å². The number of aliphatic hydroxyl groups is 1. The number of rotatable bonds is 12. The fraction of sp³-hybridized carbons (Fsp3) is 0.524. The van der Waals surface area contributed by atoms with Gasteiger partial charge >= 0.3 is 5.97 Å². The molecule has 0 saturated carbocycles. The highest BCUT2D eigenvalue weighted by atomic mass is 32.1. The molecule has 0 heterocycles. The highest BCUT2D eigenvalue weighted by Crippen LogP contribution is 2.11. The fourth-order valence-corrected chi connectivity index (χ4v) is 3.12. The lowest BCUT2D eigenvalue weighted by Gasteiger charge is -2.26. The number of aliphatic hydroxyl groups excluding tert-OH is 1. The Kier molecular flexibility index (Phi) is 11.1. The van der Waals surface area contributed by atoms with Crippen molar-refractivity contribution >= 4 is 36.3 Å². The number of hydrogen-bond donors (Lipinski definition) is 8. The number of nitrogens with one attached hydrogen (secondary N) is 3. The van der Waals surface area contributed by atoms with E-state index in [4.69, 9.17) is 5.73 Å². The van der Waals surface area contributed by atoms with E-state index >= 15 is 0 Å². The van der Waals surface area contributed by atoms with Crippen LogP contribution < -0.4 is 21.7 Å². The van der Waals surface area contributed by atoms with Gasteiger partial charge in [-0.25, -0.2) is 4.79 Å². The third kappa shape index (κ3) is 8.91. The number of carbonyl (C=O) groups is 4. The highest BCUT2D eigenvalue weighted by molar-refractivity contribution is 7.80. The number of carboxylic acid groups (broad SMARTS) is 1. The van der Waals surface area contributed by atoms with Crippen molar-refractivity contribution in [1.29, 1.82) is 0 Å². The smallest absolute Gasteiger partial charge is 0.326 e. The largest absolute Gasteiger partial charge is 0.508 e. The quantitative estimate of drug-likeness (QED) is 0.169. The number of thiol groups is 1. The van der Waals surface area contributed by atoms with Crippen LogP contribution in [0.3, 0.4) is 0 Å². The highest BCUT2D eigenvalue weighted by Gasteiger charge is 2.32. The number of phenols is 1. The Morgan fingerprint density at radius 3 is 1.94 bits per heavy atom. The van der Waals surface area contributed by atoms with Crippen molar-refractivity contribution in [1.82, 2.24) is 16.0 Å². The maximum atomic E-state index is 12.7. The molecule has 8 N–H and O–H groups in total. The molecule has 12 heteroatoms. The molecule has 0 aliphatic rings. The van der Waals surface area contributed by atoms with E-state index in [0.717, 1.165) is 0 Å². The van der Waals surface area contributed by atoms with E-state index in [0.29, 0.717) is 5.56 Å². The van der Waals surface area contributed by atoms with Crippen LogP contribution in [0.5, 0.6) is 5.75 Å². The van der Waals surface area contributed by atoms with Gasteiger partial charge in [0.25, 0.3) is 0 Å². The number of phenolic OH excluding ortho intramolecular Hbond substituents is 1. The molecule has 0 radical (unpaired) electrons. The molecule has 33 heavy (non-hydrogen) atoms. The van der Waals surface area contributed by atoms with Crippen LogP contribution in [0, 0.1) is 5.92 Å².